The first kappa shape index (κ1) is 23.0. The standard InChI is InChI=1S/C25H21F3N6/c1-16(18-10-5-3-6-11-18)29-23-32-22(20-14-9-15-21(31-20)25(26,27)28)33-24(34-23)30-17(2)19-12-7-4-8-13-19/h3-16H,1-2H3,(H,29,32,33,34)/t16-/m0/s1. The van der Waals surface area contributed by atoms with Crippen molar-refractivity contribution >= 4 is 17.6 Å². The molecule has 172 valence electrons. The first-order valence-electron chi connectivity index (χ1n) is 10.5. The highest BCUT2D eigenvalue weighted by molar-refractivity contribution is 5.99. The van der Waals surface area contributed by atoms with Gasteiger partial charge in [-0.25, -0.2) is 9.98 Å². The summed E-state index contributed by atoms with van der Waals surface area (Å²) in [5, 5.41) is 3.19. The smallest absolute Gasteiger partial charge is 0.348 e. The summed E-state index contributed by atoms with van der Waals surface area (Å²) in [5.41, 5.74) is 1.46. The number of hydrogen-bond donors (Lipinski definition) is 1. The molecule has 34 heavy (non-hydrogen) atoms. The second-order valence-corrected chi connectivity index (χ2v) is 7.53. The summed E-state index contributed by atoms with van der Waals surface area (Å²) in [6, 6.07) is 22.5. The number of hydrogen-bond acceptors (Lipinski definition) is 6. The molecular weight excluding hydrogens is 441 g/mol. The lowest BCUT2D eigenvalue weighted by atomic mass is 10.1. The van der Waals surface area contributed by atoms with Crippen molar-refractivity contribution in [3.8, 4) is 11.5 Å². The maximum absolute atomic E-state index is 13.2. The molecule has 2 aromatic carbocycles. The Balaban J connectivity index is 1.76. The van der Waals surface area contributed by atoms with Gasteiger partial charge in [0.1, 0.15) is 11.4 Å². The predicted molar refractivity (Wildman–Crippen MR) is 125 cm³/mol. The zero-order chi connectivity index (χ0) is 24.1. The minimum atomic E-state index is -4.59. The third-order valence-electron chi connectivity index (χ3n) is 5.00. The highest BCUT2D eigenvalue weighted by Crippen LogP contribution is 2.29. The average Bonchev–Trinajstić information content (AvgIpc) is 2.84. The number of nitrogens with zero attached hydrogens (tertiary/aromatic N) is 5. The van der Waals surface area contributed by atoms with Crippen LogP contribution in [0, 0.1) is 0 Å². The van der Waals surface area contributed by atoms with Gasteiger partial charge in [-0.2, -0.15) is 28.1 Å². The van der Waals surface area contributed by atoms with Gasteiger partial charge in [-0.05, 0) is 37.1 Å². The quantitative estimate of drug-likeness (QED) is 0.342. The number of pyridine rings is 1. The molecule has 2 aromatic heterocycles. The fraction of sp³-hybridized carbons (Fsp3) is 0.160. The van der Waals surface area contributed by atoms with Gasteiger partial charge in [0.25, 0.3) is 5.95 Å². The van der Waals surface area contributed by atoms with E-state index in [2.05, 4.69) is 30.2 Å². The Morgan fingerprint density at radius 1 is 0.824 bits per heavy atom. The van der Waals surface area contributed by atoms with Crippen LogP contribution in [-0.4, -0.2) is 25.6 Å². The number of benzene rings is 2. The van der Waals surface area contributed by atoms with Gasteiger partial charge in [0.15, 0.2) is 5.82 Å². The molecule has 4 aromatic rings. The molecule has 9 heteroatoms. The number of anilines is 1. The number of alkyl halides is 3. The van der Waals surface area contributed by atoms with Crippen LogP contribution in [0.4, 0.5) is 25.1 Å². The fourth-order valence-electron chi connectivity index (χ4n) is 3.22. The molecule has 0 unspecified atom stereocenters. The van der Waals surface area contributed by atoms with Gasteiger partial charge in [-0.15, -0.1) is 0 Å². The third kappa shape index (κ3) is 5.61. The molecule has 1 atom stereocenters. The van der Waals surface area contributed by atoms with E-state index in [1.807, 2.05) is 67.6 Å². The van der Waals surface area contributed by atoms with E-state index >= 15 is 0 Å². The summed E-state index contributed by atoms with van der Waals surface area (Å²) in [4.78, 5) is 21.2. The van der Waals surface area contributed by atoms with Crippen LogP contribution < -0.4 is 5.32 Å². The van der Waals surface area contributed by atoms with Gasteiger partial charge in [0.2, 0.25) is 5.95 Å². The number of rotatable bonds is 6. The van der Waals surface area contributed by atoms with E-state index in [1.165, 1.54) is 12.1 Å². The van der Waals surface area contributed by atoms with Crippen molar-refractivity contribution in [1.29, 1.82) is 0 Å². The fourth-order valence-corrected chi connectivity index (χ4v) is 3.22. The maximum atomic E-state index is 13.2. The van der Waals surface area contributed by atoms with E-state index in [0.717, 1.165) is 17.2 Å². The van der Waals surface area contributed by atoms with Gasteiger partial charge < -0.3 is 5.32 Å². The summed E-state index contributed by atoms with van der Waals surface area (Å²) in [6.45, 7) is 3.74. The lowest BCUT2D eigenvalue weighted by Crippen LogP contribution is -2.12. The summed E-state index contributed by atoms with van der Waals surface area (Å²) in [5.74, 6) is 0.233. The largest absolute Gasteiger partial charge is 0.433 e. The Bertz CT molecular complexity index is 1290. The van der Waals surface area contributed by atoms with Crippen LogP contribution >= 0.6 is 0 Å². The maximum Gasteiger partial charge on any atom is 0.433 e. The van der Waals surface area contributed by atoms with Crippen LogP contribution in [0.5, 0.6) is 0 Å². The number of aliphatic imine (C=N–C) groups is 1. The van der Waals surface area contributed by atoms with Crippen molar-refractivity contribution in [3.05, 3.63) is 95.7 Å². The Labute approximate surface area is 194 Å². The molecule has 1 N–H and O–H groups in total. The molecule has 0 saturated carbocycles. The number of nitrogens with one attached hydrogen (secondary N) is 1. The summed E-state index contributed by atoms with van der Waals surface area (Å²) in [7, 11) is 0. The highest BCUT2D eigenvalue weighted by atomic mass is 19.4. The summed E-state index contributed by atoms with van der Waals surface area (Å²) < 4.78 is 39.6. The Morgan fingerprint density at radius 2 is 1.50 bits per heavy atom. The number of halogens is 3. The van der Waals surface area contributed by atoms with Crippen LogP contribution in [0.3, 0.4) is 0 Å². The highest BCUT2D eigenvalue weighted by Gasteiger charge is 2.32. The van der Waals surface area contributed by atoms with Crippen molar-refractivity contribution < 1.29 is 13.2 Å². The molecule has 0 aliphatic heterocycles. The molecular formula is C25H21F3N6. The van der Waals surface area contributed by atoms with E-state index in [4.69, 9.17) is 0 Å². The Morgan fingerprint density at radius 3 is 2.18 bits per heavy atom. The molecule has 0 bridgehead atoms. The van der Waals surface area contributed by atoms with E-state index in [-0.39, 0.29) is 29.5 Å². The van der Waals surface area contributed by atoms with Crippen LogP contribution in [0.2, 0.25) is 0 Å². The lowest BCUT2D eigenvalue weighted by Gasteiger charge is -2.15. The summed E-state index contributed by atoms with van der Waals surface area (Å²) in [6.07, 6.45) is -4.59. The van der Waals surface area contributed by atoms with E-state index in [0.29, 0.717) is 5.71 Å². The third-order valence-corrected chi connectivity index (χ3v) is 5.00. The molecule has 0 aliphatic carbocycles. The normalized spacial score (nSPS) is 12.9. The molecule has 4 rings (SSSR count). The molecule has 0 amide bonds. The zero-order valence-electron chi connectivity index (χ0n) is 18.5. The molecule has 2 heterocycles. The Kier molecular flexibility index (Phi) is 6.62. The lowest BCUT2D eigenvalue weighted by molar-refractivity contribution is -0.141. The molecule has 0 aliphatic rings. The van der Waals surface area contributed by atoms with Gasteiger partial charge in [0, 0.05) is 5.71 Å². The monoisotopic (exact) mass is 462 g/mol. The minimum absolute atomic E-state index is 0.0107. The molecule has 0 saturated heterocycles. The van der Waals surface area contributed by atoms with Gasteiger partial charge >= 0.3 is 6.18 Å². The second kappa shape index (κ2) is 9.78. The van der Waals surface area contributed by atoms with Gasteiger partial charge in [-0.3, -0.25) is 0 Å². The topological polar surface area (TPSA) is 76.0 Å². The van der Waals surface area contributed by atoms with Crippen LogP contribution in [-0.2, 0) is 6.18 Å². The SMILES string of the molecule is CC(=Nc1nc(N[C@@H](C)c2ccccc2)nc(-c2cccc(C(F)(F)F)n2)n1)c1ccccc1. The first-order valence-corrected chi connectivity index (χ1v) is 10.5. The molecule has 0 radical (unpaired) electrons. The van der Waals surface area contributed by atoms with Crippen molar-refractivity contribution in [2.45, 2.75) is 26.1 Å². The summed E-state index contributed by atoms with van der Waals surface area (Å²) >= 11 is 0. The number of aromatic nitrogens is 4. The average molecular weight is 462 g/mol. The van der Waals surface area contributed by atoms with E-state index < -0.39 is 11.9 Å². The zero-order valence-corrected chi connectivity index (χ0v) is 18.5. The van der Waals surface area contributed by atoms with E-state index in [1.54, 1.807) is 6.92 Å². The van der Waals surface area contributed by atoms with Gasteiger partial charge in [-0.1, -0.05) is 66.7 Å². The molecule has 0 spiro atoms. The van der Waals surface area contributed by atoms with Crippen LogP contribution in [0.1, 0.15) is 36.7 Å². The first-order chi connectivity index (χ1) is 16.3. The van der Waals surface area contributed by atoms with Crippen molar-refractivity contribution in [2.75, 3.05) is 5.32 Å². The van der Waals surface area contributed by atoms with Crippen molar-refractivity contribution in [2.24, 2.45) is 4.99 Å². The molecule has 6 nitrogen and oxygen atoms in total. The molecule has 0 fully saturated rings. The van der Waals surface area contributed by atoms with Crippen molar-refractivity contribution in [3.63, 3.8) is 0 Å². The minimum Gasteiger partial charge on any atom is -0.348 e. The predicted octanol–water partition coefficient (Wildman–Crippen LogP) is 6.27. The second-order valence-electron chi connectivity index (χ2n) is 7.53. The van der Waals surface area contributed by atoms with Gasteiger partial charge in [0.05, 0.1) is 6.04 Å². The van der Waals surface area contributed by atoms with E-state index in [9.17, 15) is 13.2 Å². The van der Waals surface area contributed by atoms with Crippen LogP contribution in [0.15, 0.2) is 83.9 Å². The van der Waals surface area contributed by atoms with Crippen LogP contribution in [0.25, 0.3) is 11.5 Å². The Hall–Kier alpha value is -4.14. The van der Waals surface area contributed by atoms with Crippen molar-refractivity contribution in [1.82, 2.24) is 19.9 Å².